The van der Waals surface area contributed by atoms with E-state index in [2.05, 4.69) is 15.5 Å². The van der Waals surface area contributed by atoms with Crippen LogP contribution in [-0.4, -0.2) is 56.1 Å². The molecular formula is C31H34N4O3. The van der Waals surface area contributed by atoms with Crippen molar-refractivity contribution in [1.29, 1.82) is 0 Å². The van der Waals surface area contributed by atoms with E-state index in [1.54, 1.807) is 0 Å². The summed E-state index contributed by atoms with van der Waals surface area (Å²) in [4.78, 5) is 30.4. The first kappa shape index (κ1) is 25.7. The van der Waals surface area contributed by atoms with Crippen molar-refractivity contribution in [2.75, 3.05) is 54.9 Å². The van der Waals surface area contributed by atoms with Gasteiger partial charge in [-0.3, -0.25) is 14.5 Å². The molecule has 7 nitrogen and oxygen atoms in total. The van der Waals surface area contributed by atoms with Crippen molar-refractivity contribution in [3.05, 3.63) is 90.0 Å². The molecule has 0 unspecified atom stereocenters. The maximum atomic E-state index is 13.1. The highest BCUT2D eigenvalue weighted by Gasteiger charge is 2.28. The van der Waals surface area contributed by atoms with Crippen LogP contribution in [0.1, 0.15) is 25.0 Å². The molecule has 0 saturated carbocycles. The number of nitrogens with one attached hydrogen (secondary N) is 2. The Morgan fingerprint density at radius 1 is 0.974 bits per heavy atom. The molecule has 5 rings (SSSR count). The van der Waals surface area contributed by atoms with Crippen LogP contribution in [0.25, 0.3) is 11.3 Å². The molecule has 2 N–H and O–H groups in total. The average molecular weight is 511 g/mol. The number of fused-ring (bicyclic) bond motifs is 1. The van der Waals surface area contributed by atoms with Gasteiger partial charge in [0.15, 0.2) is 0 Å². The first-order valence-corrected chi connectivity index (χ1v) is 13.2. The van der Waals surface area contributed by atoms with Crippen molar-refractivity contribution >= 4 is 40.1 Å². The van der Waals surface area contributed by atoms with Gasteiger partial charge in [0.2, 0.25) is 5.91 Å². The van der Waals surface area contributed by atoms with Gasteiger partial charge in [-0.1, -0.05) is 62.4 Å². The second-order valence-corrected chi connectivity index (χ2v) is 9.89. The first-order valence-electron chi connectivity index (χ1n) is 13.2. The number of hydrogen-bond acceptors (Lipinski definition) is 5. The van der Waals surface area contributed by atoms with Crippen LogP contribution >= 0.6 is 0 Å². The van der Waals surface area contributed by atoms with E-state index in [-0.39, 0.29) is 17.7 Å². The van der Waals surface area contributed by atoms with Gasteiger partial charge in [-0.25, -0.2) is 0 Å². The minimum atomic E-state index is -0.133. The Morgan fingerprint density at radius 3 is 2.37 bits per heavy atom. The summed E-state index contributed by atoms with van der Waals surface area (Å²) in [7, 11) is 0. The number of amides is 2. The molecule has 1 fully saturated rings. The van der Waals surface area contributed by atoms with Crippen molar-refractivity contribution in [2.24, 2.45) is 5.92 Å². The molecule has 0 aliphatic carbocycles. The maximum absolute atomic E-state index is 13.1. The van der Waals surface area contributed by atoms with Crippen LogP contribution in [-0.2, 0) is 14.3 Å². The number of carbonyl (C=O) groups is 2. The van der Waals surface area contributed by atoms with Gasteiger partial charge in [-0.2, -0.15) is 0 Å². The third-order valence-electron chi connectivity index (χ3n) is 6.94. The van der Waals surface area contributed by atoms with E-state index in [1.165, 1.54) is 0 Å². The van der Waals surface area contributed by atoms with Crippen molar-refractivity contribution in [2.45, 2.75) is 13.8 Å². The second-order valence-electron chi connectivity index (χ2n) is 9.89. The van der Waals surface area contributed by atoms with Gasteiger partial charge in [0.25, 0.3) is 5.91 Å². The highest BCUT2D eigenvalue weighted by atomic mass is 16.5. The fourth-order valence-corrected chi connectivity index (χ4v) is 4.86. The SMILES string of the molecule is CC(C)C(=O)N(CCN1CCOCC1)c1ccc(NC(=C2C(=O)Nc3ccccc32)c2ccccc2)cc1. The number of para-hydroxylation sites is 1. The molecule has 2 aliphatic heterocycles. The summed E-state index contributed by atoms with van der Waals surface area (Å²) < 4.78 is 5.46. The summed E-state index contributed by atoms with van der Waals surface area (Å²) in [6.45, 7) is 8.55. The Kier molecular flexibility index (Phi) is 7.86. The molecule has 7 heteroatoms. The van der Waals surface area contributed by atoms with Crippen LogP contribution in [0.5, 0.6) is 0 Å². The van der Waals surface area contributed by atoms with Gasteiger partial charge in [-0.05, 0) is 35.9 Å². The average Bonchev–Trinajstić information content (AvgIpc) is 3.28. The zero-order valence-corrected chi connectivity index (χ0v) is 21.9. The Morgan fingerprint density at radius 2 is 1.66 bits per heavy atom. The van der Waals surface area contributed by atoms with Crippen LogP contribution in [0.3, 0.4) is 0 Å². The lowest BCUT2D eigenvalue weighted by Gasteiger charge is -2.31. The predicted octanol–water partition coefficient (Wildman–Crippen LogP) is 4.94. The van der Waals surface area contributed by atoms with Gasteiger partial charge >= 0.3 is 0 Å². The zero-order valence-electron chi connectivity index (χ0n) is 21.9. The molecule has 0 radical (unpaired) electrons. The molecule has 2 heterocycles. The molecule has 2 aliphatic rings. The predicted molar refractivity (Wildman–Crippen MR) is 153 cm³/mol. The largest absolute Gasteiger partial charge is 0.379 e. The van der Waals surface area contributed by atoms with Crippen LogP contribution in [0.15, 0.2) is 78.9 Å². The Bertz CT molecular complexity index is 1310. The molecule has 0 aromatic heterocycles. The second kappa shape index (κ2) is 11.6. The number of nitrogens with zero attached hydrogens (tertiary/aromatic N) is 2. The quantitative estimate of drug-likeness (QED) is 0.420. The smallest absolute Gasteiger partial charge is 0.258 e. The van der Waals surface area contributed by atoms with E-state index in [0.717, 1.165) is 66.7 Å². The molecule has 38 heavy (non-hydrogen) atoms. The zero-order chi connectivity index (χ0) is 26.5. The van der Waals surface area contributed by atoms with Crippen LogP contribution in [0, 0.1) is 5.92 Å². The van der Waals surface area contributed by atoms with Crippen molar-refractivity contribution in [3.63, 3.8) is 0 Å². The number of benzene rings is 3. The molecule has 0 bridgehead atoms. The molecule has 3 aromatic carbocycles. The van der Waals surface area contributed by atoms with E-state index < -0.39 is 0 Å². The molecule has 196 valence electrons. The highest BCUT2D eigenvalue weighted by Crippen LogP contribution is 2.37. The summed E-state index contributed by atoms with van der Waals surface area (Å²) >= 11 is 0. The standard InChI is InChI=1S/C31H34N4O3/c1-22(2)31(37)35(17-16-34-18-20-38-21-19-34)25-14-12-24(13-15-25)32-29(23-8-4-3-5-9-23)28-26-10-6-7-11-27(26)33-30(28)36/h3-15,22,32H,16-21H2,1-2H3,(H,33,36). The van der Waals surface area contributed by atoms with Crippen molar-refractivity contribution in [1.82, 2.24) is 4.90 Å². The maximum Gasteiger partial charge on any atom is 0.258 e. The normalized spacial score (nSPS) is 16.7. The van der Waals surface area contributed by atoms with Gasteiger partial charge in [0.05, 0.1) is 24.5 Å². The fraction of sp³-hybridized carbons (Fsp3) is 0.290. The first-order chi connectivity index (χ1) is 18.5. The molecule has 0 spiro atoms. The molecule has 2 amide bonds. The van der Waals surface area contributed by atoms with Gasteiger partial charge < -0.3 is 20.3 Å². The Hall–Kier alpha value is -3.94. The molecule has 1 saturated heterocycles. The van der Waals surface area contributed by atoms with E-state index in [9.17, 15) is 9.59 Å². The number of hydrogen-bond donors (Lipinski definition) is 2. The summed E-state index contributed by atoms with van der Waals surface area (Å²) in [5, 5.41) is 6.48. The number of ether oxygens (including phenoxy) is 1. The Labute approximate surface area is 224 Å². The topological polar surface area (TPSA) is 73.9 Å². The fourth-order valence-electron chi connectivity index (χ4n) is 4.86. The minimum absolute atomic E-state index is 0.102. The highest BCUT2D eigenvalue weighted by molar-refractivity contribution is 6.37. The van der Waals surface area contributed by atoms with Gasteiger partial charge in [0.1, 0.15) is 0 Å². The third kappa shape index (κ3) is 5.64. The number of rotatable bonds is 8. The van der Waals surface area contributed by atoms with Gasteiger partial charge in [-0.15, -0.1) is 0 Å². The lowest BCUT2D eigenvalue weighted by atomic mass is 10.00. The number of carbonyl (C=O) groups excluding carboxylic acids is 2. The van der Waals surface area contributed by atoms with Crippen molar-refractivity contribution in [3.8, 4) is 0 Å². The van der Waals surface area contributed by atoms with Crippen LogP contribution < -0.4 is 15.5 Å². The third-order valence-corrected chi connectivity index (χ3v) is 6.94. The van der Waals surface area contributed by atoms with E-state index in [1.807, 2.05) is 97.6 Å². The summed E-state index contributed by atoms with van der Waals surface area (Å²) in [6, 6.07) is 25.5. The number of morpholine rings is 1. The Balaban J connectivity index is 1.42. The van der Waals surface area contributed by atoms with Crippen LogP contribution in [0.2, 0.25) is 0 Å². The number of anilines is 3. The van der Waals surface area contributed by atoms with E-state index in [0.29, 0.717) is 12.1 Å². The lowest BCUT2D eigenvalue weighted by Crippen LogP contribution is -2.44. The van der Waals surface area contributed by atoms with Crippen molar-refractivity contribution < 1.29 is 14.3 Å². The summed E-state index contributed by atoms with van der Waals surface area (Å²) in [5.41, 5.74) is 5.64. The van der Waals surface area contributed by atoms with Gasteiger partial charge in [0, 0.05) is 54.7 Å². The molecule has 0 atom stereocenters. The lowest BCUT2D eigenvalue weighted by molar-refractivity contribution is -0.121. The van der Waals surface area contributed by atoms with E-state index in [4.69, 9.17) is 4.74 Å². The minimum Gasteiger partial charge on any atom is -0.379 e. The van der Waals surface area contributed by atoms with Crippen LogP contribution in [0.4, 0.5) is 17.1 Å². The molecular weight excluding hydrogens is 476 g/mol. The monoisotopic (exact) mass is 510 g/mol. The summed E-state index contributed by atoms with van der Waals surface area (Å²) in [5.74, 6) is -0.135. The van der Waals surface area contributed by atoms with E-state index >= 15 is 0 Å². The molecule has 3 aromatic rings. The summed E-state index contributed by atoms with van der Waals surface area (Å²) in [6.07, 6.45) is 0.